The highest BCUT2D eigenvalue weighted by atomic mass is 16.5. The standard InChI is InChI=1S/C24H30N4O2/c1-16(2)28-9-8-19-21(14-20(24(29)30-5)17(3)23(19)28)18-6-7-22(25-15-18)27-12-10-26(4)11-13-27/h6-9,14-16H,10-13H2,1-5H3. The molecule has 1 aliphatic heterocycles. The van der Waals surface area contributed by atoms with Gasteiger partial charge in [0.05, 0.1) is 18.2 Å². The minimum absolute atomic E-state index is 0.291. The molecule has 1 fully saturated rings. The van der Waals surface area contributed by atoms with Crippen molar-refractivity contribution in [3.63, 3.8) is 0 Å². The molecule has 0 spiro atoms. The molecule has 0 radical (unpaired) electrons. The largest absolute Gasteiger partial charge is 0.465 e. The van der Waals surface area contributed by atoms with Gasteiger partial charge in [-0.25, -0.2) is 9.78 Å². The molecule has 0 amide bonds. The zero-order chi connectivity index (χ0) is 21.4. The molecule has 0 bridgehead atoms. The lowest BCUT2D eigenvalue weighted by molar-refractivity contribution is 0.0600. The van der Waals surface area contributed by atoms with Crippen LogP contribution in [0.2, 0.25) is 0 Å². The van der Waals surface area contributed by atoms with E-state index in [9.17, 15) is 4.79 Å². The van der Waals surface area contributed by atoms with Gasteiger partial charge in [-0.1, -0.05) is 0 Å². The van der Waals surface area contributed by atoms with Crippen LogP contribution in [-0.4, -0.2) is 60.8 Å². The maximum Gasteiger partial charge on any atom is 0.338 e. The highest BCUT2D eigenvalue weighted by Gasteiger charge is 2.20. The molecule has 1 aromatic carbocycles. The molecule has 6 nitrogen and oxygen atoms in total. The number of aryl methyl sites for hydroxylation is 1. The molecule has 1 saturated heterocycles. The number of hydrogen-bond donors (Lipinski definition) is 0. The van der Waals surface area contributed by atoms with Crippen LogP contribution in [0, 0.1) is 6.92 Å². The molecule has 3 heterocycles. The van der Waals surface area contributed by atoms with E-state index in [0.717, 1.165) is 59.6 Å². The number of methoxy groups -OCH3 is 1. The van der Waals surface area contributed by atoms with Gasteiger partial charge in [-0.05, 0) is 63.2 Å². The third-order valence-electron chi connectivity index (χ3n) is 6.10. The fraction of sp³-hybridized carbons (Fsp3) is 0.417. The molecule has 6 heteroatoms. The van der Waals surface area contributed by atoms with Gasteiger partial charge in [0.15, 0.2) is 0 Å². The minimum Gasteiger partial charge on any atom is -0.465 e. The van der Waals surface area contributed by atoms with Crippen molar-refractivity contribution in [2.45, 2.75) is 26.8 Å². The zero-order valence-corrected chi connectivity index (χ0v) is 18.5. The number of piperazine rings is 1. The molecule has 30 heavy (non-hydrogen) atoms. The molecular weight excluding hydrogens is 376 g/mol. The number of hydrogen-bond acceptors (Lipinski definition) is 5. The van der Waals surface area contributed by atoms with Gasteiger partial charge in [-0.2, -0.15) is 0 Å². The van der Waals surface area contributed by atoms with E-state index in [0.29, 0.717) is 11.6 Å². The summed E-state index contributed by atoms with van der Waals surface area (Å²) in [7, 11) is 3.58. The number of pyridine rings is 1. The third-order valence-corrected chi connectivity index (χ3v) is 6.10. The van der Waals surface area contributed by atoms with Crippen LogP contribution in [0.1, 0.15) is 35.8 Å². The van der Waals surface area contributed by atoms with Crippen molar-refractivity contribution in [3.8, 4) is 11.1 Å². The highest BCUT2D eigenvalue weighted by molar-refractivity contribution is 6.04. The predicted octanol–water partition coefficient (Wildman–Crippen LogP) is 4.13. The van der Waals surface area contributed by atoms with Gasteiger partial charge in [0, 0.05) is 55.6 Å². The van der Waals surface area contributed by atoms with E-state index in [-0.39, 0.29) is 5.97 Å². The Balaban J connectivity index is 1.80. The summed E-state index contributed by atoms with van der Waals surface area (Å²) >= 11 is 0. The molecule has 3 aromatic rings. The first-order valence-electron chi connectivity index (χ1n) is 10.5. The quantitative estimate of drug-likeness (QED) is 0.610. The molecule has 0 atom stereocenters. The van der Waals surface area contributed by atoms with Crippen LogP contribution >= 0.6 is 0 Å². The lowest BCUT2D eigenvalue weighted by Gasteiger charge is -2.33. The first kappa shape index (κ1) is 20.4. The van der Waals surface area contributed by atoms with Gasteiger partial charge in [-0.3, -0.25) is 0 Å². The Morgan fingerprint density at radius 2 is 1.87 bits per heavy atom. The molecule has 158 valence electrons. The lowest BCUT2D eigenvalue weighted by atomic mass is 9.96. The fourth-order valence-electron chi connectivity index (χ4n) is 4.28. The van der Waals surface area contributed by atoms with Crippen LogP contribution in [-0.2, 0) is 4.74 Å². The van der Waals surface area contributed by atoms with E-state index >= 15 is 0 Å². The predicted molar refractivity (Wildman–Crippen MR) is 121 cm³/mol. The van der Waals surface area contributed by atoms with Gasteiger partial charge in [0.1, 0.15) is 5.82 Å². The van der Waals surface area contributed by atoms with Crippen LogP contribution in [0.5, 0.6) is 0 Å². The average Bonchev–Trinajstić information content (AvgIpc) is 3.20. The number of benzene rings is 1. The fourth-order valence-corrected chi connectivity index (χ4v) is 4.28. The molecule has 2 aromatic heterocycles. The van der Waals surface area contributed by atoms with E-state index in [2.05, 4.69) is 59.7 Å². The van der Waals surface area contributed by atoms with Crippen LogP contribution < -0.4 is 4.90 Å². The molecule has 0 aliphatic carbocycles. The van der Waals surface area contributed by atoms with Crippen molar-refractivity contribution < 1.29 is 9.53 Å². The van der Waals surface area contributed by atoms with Crippen LogP contribution in [0.3, 0.4) is 0 Å². The van der Waals surface area contributed by atoms with Gasteiger partial charge in [-0.15, -0.1) is 0 Å². The SMILES string of the molecule is COC(=O)c1cc(-c2ccc(N3CCN(C)CC3)nc2)c2ccn(C(C)C)c2c1C. The summed E-state index contributed by atoms with van der Waals surface area (Å²) in [5, 5.41) is 1.13. The third kappa shape index (κ3) is 3.56. The Morgan fingerprint density at radius 3 is 2.47 bits per heavy atom. The summed E-state index contributed by atoms with van der Waals surface area (Å²) in [5.74, 6) is 0.692. The first-order valence-corrected chi connectivity index (χ1v) is 10.5. The van der Waals surface area contributed by atoms with E-state index in [1.807, 2.05) is 19.2 Å². The topological polar surface area (TPSA) is 50.6 Å². The van der Waals surface area contributed by atoms with Crippen LogP contribution in [0.4, 0.5) is 5.82 Å². The summed E-state index contributed by atoms with van der Waals surface area (Å²) in [6, 6.07) is 8.57. The maximum absolute atomic E-state index is 12.5. The van der Waals surface area contributed by atoms with Gasteiger partial charge in [0.25, 0.3) is 0 Å². The zero-order valence-electron chi connectivity index (χ0n) is 18.5. The number of esters is 1. The Bertz CT molecular complexity index is 1060. The number of aromatic nitrogens is 2. The van der Waals surface area contributed by atoms with Gasteiger partial charge >= 0.3 is 5.97 Å². The van der Waals surface area contributed by atoms with Gasteiger partial charge in [0.2, 0.25) is 0 Å². The summed E-state index contributed by atoms with van der Waals surface area (Å²) < 4.78 is 7.28. The maximum atomic E-state index is 12.5. The number of fused-ring (bicyclic) bond motifs is 1. The lowest BCUT2D eigenvalue weighted by Crippen LogP contribution is -2.44. The van der Waals surface area contributed by atoms with Crippen molar-refractivity contribution in [1.29, 1.82) is 0 Å². The van der Waals surface area contributed by atoms with E-state index in [1.165, 1.54) is 7.11 Å². The Morgan fingerprint density at radius 1 is 1.13 bits per heavy atom. The molecule has 4 rings (SSSR count). The number of likely N-dealkylation sites (N-methyl/N-ethyl adjacent to an activating group) is 1. The monoisotopic (exact) mass is 406 g/mol. The molecule has 0 N–H and O–H groups in total. The normalized spacial score (nSPS) is 15.2. The van der Waals surface area contributed by atoms with Crippen LogP contribution in [0.25, 0.3) is 22.0 Å². The second-order valence-electron chi connectivity index (χ2n) is 8.36. The number of nitrogens with zero attached hydrogens (tertiary/aromatic N) is 4. The van der Waals surface area contributed by atoms with Crippen molar-refractivity contribution >= 4 is 22.7 Å². The van der Waals surface area contributed by atoms with Crippen LogP contribution in [0.15, 0.2) is 36.7 Å². The average molecular weight is 407 g/mol. The highest BCUT2D eigenvalue weighted by Crippen LogP contribution is 2.35. The van der Waals surface area contributed by atoms with Crippen molar-refractivity contribution in [1.82, 2.24) is 14.5 Å². The second-order valence-corrected chi connectivity index (χ2v) is 8.36. The molecule has 1 aliphatic rings. The van der Waals surface area contributed by atoms with E-state index in [1.54, 1.807) is 0 Å². The Hall–Kier alpha value is -2.86. The number of carbonyl (C=O) groups excluding carboxylic acids is 1. The summed E-state index contributed by atoms with van der Waals surface area (Å²) in [4.78, 5) is 21.9. The van der Waals surface area contributed by atoms with Crippen molar-refractivity contribution in [2.75, 3.05) is 45.2 Å². The Labute approximate surface area is 178 Å². The number of carbonyl (C=O) groups is 1. The smallest absolute Gasteiger partial charge is 0.338 e. The van der Waals surface area contributed by atoms with Crippen molar-refractivity contribution in [2.24, 2.45) is 0 Å². The second kappa shape index (κ2) is 8.11. The summed E-state index contributed by atoms with van der Waals surface area (Å²) in [5.41, 5.74) is 4.63. The van der Waals surface area contributed by atoms with E-state index < -0.39 is 0 Å². The van der Waals surface area contributed by atoms with E-state index in [4.69, 9.17) is 9.72 Å². The van der Waals surface area contributed by atoms with Crippen molar-refractivity contribution in [3.05, 3.63) is 47.8 Å². The molecular formula is C24H30N4O2. The van der Waals surface area contributed by atoms with Gasteiger partial charge < -0.3 is 19.1 Å². The first-order chi connectivity index (χ1) is 14.4. The number of ether oxygens (including phenoxy) is 1. The number of anilines is 1. The summed E-state index contributed by atoms with van der Waals surface area (Å²) in [6.45, 7) is 10.4. The molecule has 0 saturated carbocycles. The molecule has 0 unspecified atom stereocenters. The number of rotatable bonds is 4. The minimum atomic E-state index is -0.311. The summed E-state index contributed by atoms with van der Waals surface area (Å²) in [6.07, 6.45) is 4.02. The Kier molecular flexibility index (Phi) is 5.52.